The molecule has 2 N–H and O–H groups in total. The molecule has 1 atom stereocenters. The fourth-order valence-electron chi connectivity index (χ4n) is 3.68. The molecule has 2 aromatic carbocycles. The summed E-state index contributed by atoms with van der Waals surface area (Å²) >= 11 is 7.58. The first-order chi connectivity index (χ1) is 16.4. The van der Waals surface area contributed by atoms with E-state index in [9.17, 15) is 9.59 Å². The number of carbonyl (C=O) groups is 2. The third-order valence-electron chi connectivity index (χ3n) is 5.32. The Balaban J connectivity index is 1.62. The maximum Gasteiger partial charge on any atom is 0.281 e. The van der Waals surface area contributed by atoms with Crippen molar-refractivity contribution in [3.8, 4) is 17.2 Å². The zero-order valence-electron chi connectivity index (χ0n) is 18.5. The van der Waals surface area contributed by atoms with Crippen LogP contribution in [0.25, 0.3) is 0 Å². The van der Waals surface area contributed by atoms with E-state index in [4.69, 9.17) is 31.5 Å². The largest absolute Gasteiger partial charge is 0.493 e. The number of nitrogens with two attached hydrogens (primary N) is 1. The Morgan fingerprint density at radius 1 is 1.12 bits per heavy atom. The van der Waals surface area contributed by atoms with Crippen LogP contribution in [-0.2, 0) is 4.79 Å². The van der Waals surface area contributed by atoms with E-state index in [0.29, 0.717) is 22.9 Å². The van der Waals surface area contributed by atoms with Crippen LogP contribution < -0.4 is 19.9 Å². The summed E-state index contributed by atoms with van der Waals surface area (Å²) in [4.78, 5) is 26.0. The molecule has 0 aliphatic carbocycles. The number of methoxy groups -OCH3 is 2. The van der Waals surface area contributed by atoms with Crippen molar-refractivity contribution >= 4 is 40.5 Å². The predicted molar refractivity (Wildman–Crippen MR) is 130 cm³/mol. The molecule has 10 heteroatoms. The van der Waals surface area contributed by atoms with Crippen molar-refractivity contribution in [1.82, 2.24) is 5.01 Å². The minimum atomic E-state index is -0.679. The van der Waals surface area contributed by atoms with Crippen molar-refractivity contribution in [2.24, 2.45) is 10.8 Å². The zero-order valence-corrected chi connectivity index (χ0v) is 20.1. The van der Waals surface area contributed by atoms with Gasteiger partial charge in [-0.1, -0.05) is 23.7 Å². The molecular weight excluding hydrogens is 478 g/mol. The van der Waals surface area contributed by atoms with Gasteiger partial charge in [0.25, 0.3) is 11.8 Å². The average molecular weight is 500 g/mol. The molecule has 0 fully saturated rings. The molecule has 3 aromatic rings. The van der Waals surface area contributed by atoms with E-state index in [1.807, 2.05) is 29.6 Å². The molecule has 0 bridgehead atoms. The Morgan fingerprint density at radius 2 is 1.91 bits per heavy atom. The minimum Gasteiger partial charge on any atom is -0.493 e. The van der Waals surface area contributed by atoms with Crippen LogP contribution in [0.4, 0.5) is 0 Å². The van der Waals surface area contributed by atoms with E-state index in [1.165, 1.54) is 23.2 Å². The fraction of sp³-hybridized carbons (Fsp3) is 0.208. The summed E-state index contributed by atoms with van der Waals surface area (Å²) < 4.78 is 16.4. The Kier molecular flexibility index (Phi) is 7.04. The summed E-state index contributed by atoms with van der Waals surface area (Å²) in [5, 5.41) is 8.34. The second kappa shape index (κ2) is 10.1. The fourth-order valence-corrected chi connectivity index (χ4v) is 4.56. The highest BCUT2D eigenvalue weighted by molar-refractivity contribution is 7.12. The van der Waals surface area contributed by atoms with Gasteiger partial charge in [-0.2, -0.15) is 5.10 Å². The van der Waals surface area contributed by atoms with Crippen LogP contribution in [0.3, 0.4) is 0 Å². The van der Waals surface area contributed by atoms with E-state index >= 15 is 0 Å². The van der Waals surface area contributed by atoms with Crippen LogP contribution >= 0.6 is 22.9 Å². The minimum absolute atomic E-state index is 0.137. The number of ether oxygens (including phenoxy) is 3. The van der Waals surface area contributed by atoms with Gasteiger partial charge in [-0.3, -0.25) is 9.59 Å². The Labute approximate surface area is 205 Å². The lowest BCUT2D eigenvalue weighted by Crippen LogP contribution is -2.31. The van der Waals surface area contributed by atoms with E-state index in [-0.39, 0.29) is 29.9 Å². The highest BCUT2D eigenvalue weighted by atomic mass is 35.5. The summed E-state index contributed by atoms with van der Waals surface area (Å²) in [6.45, 7) is -0.356. The Hall–Kier alpha value is -3.56. The van der Waals surface area contributed by atoms with Crippen molar-refractivity contribution in [1.29, 1.82) is 0 Å². The number of amides is 2. The standard InChI is InChI=1S/C24H22ClN3O5S/c1-31-19-8-5-14(10-21(19)32-2)18-12-17(22-4-3-9-34-22)27-28(18)23(29)13-33-20-11-15(25)6-7-16(20)24(26)30/h3-11,18H,12-13H2,1-2H3,(H2,26,30). The molecule has 4 rings (SSSR count). The second-order valence-corrected chi connectivity index (χ2v) is 8.77. The predicted octanol–water partition coefficient (Wildman–Crippen LogP) is 4.27. The average Bonchev–Trinajstić information content (AvgIpc) is 3.52. The summed E-state index contributed by atoms with van der Waals surface area (Å²) in [5.41, 5.74) is 7.18. The van der Waals surface area contributed by atoms with E-state index < -0.39 is 5.91 Å². The van der Waals surface area contributed by atoms with E-state index in [2.05, 4.69) is 5.10 Å². The number of thiophene rings is 1. The van der Waals surface area contributed by atoms with E-state index in [0.717, 1.165) is 16.2 Å². The molecular formula is C24H22ClN3O5S. The van der Waals surface area contributed by atoms with Crippen molar-refractivity contribution in [3.05, 3.63) is 74.9 Å². The molecule has 1 aliphatic heterocycles. The molecule has 0 spiro atoms. The lowest BCUT2D eigenvalue weighted by molar-refractivity contribution is -0.135. The zero-order chi connectivity index (χ0) is 24.2. The molecule has 1 aromatic heterocycles. The van der Waals surface area contributed by atoms with Gasteiger partial charge in [0.15, 0.2) is 18.1 Å². The van der Waals surface area contributed by atoms with Gasteiger partial charge in [-0.05, 0) is 47.3 Å². The van der Waals surface area contributed by atoms with Gasteiger partial charge in [0.1, 0.15) is 5.75 Å². The van der Waals surface area contributed by atoms with E-state index in [1.54, 1.807) is 31.6 Å². The van der Waals surface area contributed by atoms with Crippen LogP contribution in [0.5, 0.6) is 17.2 Å². The first-order valence-corrected chi connectivity index (χ1v) is 11.5. The third-order valence-corrected chi connectivity index (χ3v) is 6.48. The second-order valence-electron chi connectivity index (χ2n) is 7.39. The van der Waals surface area contributed by atoms with Gasteiger partial charge in [0, 0.05) is 11.4 Å². The van der Waals surface area contributed by atoms with Gasteiger partial charge in [-0.15, -0.1) is 11.3 Å². The van der Waals surface area contributed by atoms with Crippen LogP contribution in [-0.4, -0.2) is 43.4 Å². The topological polar surface area (TPSA) is 103 Å². The van der Waals surface area contributed by atoms with Crippen molar-refractivity contribution in [2.75, 3.05) is 20.8 Å². The third kappa shape index (κ3) is 4.85. The van der Waals surface area contributed by atoms with Gasteiger partial charge in [0.2, 0.25) is 0 Å². The number of hydrazone groups is 1. The molecule has 1 aliphatic rings. The van der Waals surface area contributed by atoms with Gasteiger partial charge >= 0.3 is 0 Å². The molecule has 8 nitrogen and oxygen atoms in total. The van der Waals surface area contributed by atoms with Crippen molar-refractivity contribution < 1.29 is 23.8 Å². The number of benzene rings is 2. The van der Waals surface area contributed by atoms with Crippen LogP contribution in [0.2, 0.25) is 5.02 Å². The molecule has 2 amide bonds. The quantitative estimate of drug-likeness (QED) is 0.498. The number of rotatable bonds is 8. The highest BCUT2D eigenvalue weighted by Gasteiger charge is 2.34. The molecule has 34 heavy (non-hydrogen) atoms. The smallest absolute Gasteiger partial charge is 0.281 e. The first kappa shape index (κ1) is 23.6. The van der Waals surface area contributed by atoms with Crippen LogP contribution in [0, 0.1) is 0 Å². The van der Waals surface area contributed by atoms with Crippen LogP contribution in [0.1, 0.15) is 33.3 Å². The maximum atomic E-state index is 13.3. The Bertz CT molecular complexity index is 1250. The van der Waals surface area contributed by atoms with Gasteiger partial charge < -0.3 is 19.9 Å². The van der Waals surface area contributed by atoms with Gasteiger partial charge in [-0.25, -0.2) is 5.01 Å². The number of carbonyl (C=O) groups excluding carboxylic acids is 2. The number of primary amides is 1. The molecule has 1 unspecified atom stereocenters. The summed E-state index contributed by atoms with van der Waals surface area (Å²) in [6.07, 6.45) is 0.519. The Morgan fingerprint density at radius 3 is 2.59 bits per heavy atom. The number of halogens is 1. The van der Waals surface area contributed by atoms with Crippen LogP contribution in [0.15, 0.2) is 59.0 Å². The number of nitrogens with zero attached hydrogens (tertiary/aromatic N) is 2. The van der Waals surface area contributed by atoms with Crippen molar-refractivity contribution in [2.45, 2.75) is 12.5 Å². The SMILES string of the molecule is COc1ccc(C2CC(c3cccs3)=NN2C(=O)COc2cc(Cl)ccc2C(N)=O)cc1OC. The van der Waals surface area contributed by atoms with Crippen molar-refractivity contribution in [3.63, 3.8) is 0 Å². The number of hydrogen-bond donors (Lipinski definition) is 1. The molecule has 0 saturated carbocycles. The first-order valence-electron chi connectivity index (χ1n) is 10.3. The summed E-state index contributed by atoms with van der Waals surface area (Å²) in [6, 6.07) is 13.5. The molecule has 176 valence electrons. The lowest BCUT2D eigenvalue weighted by atomic mass is 10.0. The number of hydrogen-bond acceptors (Lipinski definition) is 7. The normalized spacial score (nSPS) is 15.1. The summed E-state index contributed by atoms with van der Waals surface area (Å²) in [7, 11) is 3.12. The molecule has 2 heterocycles. The molecule has 0 radical (unpaired) electrons. The molecule has 0 saturated heterocycles. The van der Waals surface area contributed by atoms with Gasteiger partial charge in [0.05, 0.1) is 36.4 Å². The maximum absolute atomic E-state index is 13.3. The monoisotopic (exact) mass is 499 g/mol. The summed E-state index contributed by atoms with van der Waals surface area (Å²) in [5.74, 6) is 0.212. The lowest BCUT2D eigenvalue weighted by Gasteiger charge is -2.23. The highest BCUT2D eigenvalue weighted by Crippen LogP contribution is 2.38.